The van der Waals surface area contributed by atoms with Gasteiger partial charge in [-0.25, -0.2) is 0 Å². The van der Waals surface area contributed by atoms with E-state index in [9.17, 15) is 4.79 Å². The van der Waals surface area contributed by atoms with Crippen LogP contribution in [0.1, 0.15) is 15.9 Å². The van der Waals surface area contributed by atoms with Gasteiger partial charge in [-0.05, 0) is 52.3 Å². The van der Waals surface area contributed by atoms with Crippen molar-refractivity contribution in [2.45, 2.75) is 0 Å². The third kappa shape index (κ3) is 3.46. The second-order valence-electron chi connectivity index (χ2n) is 3.83. The van der Waals surface area contributed by atoms with E-state index >= 15 is 0 Å². The first-order valence-electron chi connectivity index (χ1n) is 5.35. The van der Waals surface area contributed by atoms with Crippen LogP contribution in [0, 0.1) is 0 Å². The molecular weight excluding hydrogens is 440 g/mol. The van der Waals surface area contributed by atoms with Crippen molar-refractivity contribution >= 4 is 53.6 Å². The van der Waals surface area contributed by atoms with Crippen LogP contribution in [0.3, 0.4) is 0 Å². The highest BCUT2D eigenvalue weighted by Gasteiger charge is 2.14. The van der Waals surface area contributed by atoms with E-state index in [1.807, 2.05) is 6.07 Å². The fraction of sp³-hybridized carbons (Fsp3) is 0.0714. The maximum atomic E-state index is 12.5. The molecule has 2 rings (SSSR count). The highest BCUT2D eigenvalue weighted by atomic mass is 79.9. The molecule has 0 aliphatic rings. The molecule has 0 aromatic heterocycles. The van der Waals surface area contributed by atoms with Gasteiger partial charge in [0, 0.05) is 24.5 Å². The lowest BCUT2D eigenvalue weighted by Crippen LogP contribution is -2.02. The van der Waals surface area contributed by atoms with Gasteiger partial charge in [0.15, 0.2) is 5.78 Å². The Kier molecular flexibility index (Phi) is 4.81. The number of halogens is 3. The van der Waals surface area contributed by atoms with Crippen molar-refractivity contribution in [2.75, 3.05) is 7.11 Å². The summed E-state index contributed by atoms with van der Waals surface area (Å²) in [5, 5.41) is 0. The summed E-state index contributed by atoms with van der Waals surface area (Å²) in [6.45, 7) is 0. The standard InChI is InChI=1S/C14H9Br3O2/c1-19-11-2-3-12(13(17)7-11)14(18)8-4-9(15)6-10(16)5-8/h2-7H,1H3. The van der Waals surface area contributed by atoms with E-state index in [1.165, 1.54) is 0 Å². The summed E-state index contributed by atoms with van der Waals surface area (Å²) in [7, 11) is 1.59. The molecule has 2 aromatic rings. The normalized spacial score (nSPS) is 10.3. The molecule has 2 nitrogen and oxygen atoms in total. The summed E-state index contributed by atoms with van der Waals surface area (Å²) in [5.41, 5.74) is 1.22. The highest BCUT2D eigenvalue weighted by molar-refractivity contribution is 9.11. The zero-order valence-corrected chi connectivity index (χ0v) is 14.7. The van der Waals surface area contributed by atoms with Gasteiger partial charge in [0.05, 0.1) is 7.11 Å². The van der Waals surface area contributed by atoms with Gasteiger partial charge < -0.3 is 4.74 Å². The van der Waals surface area contributed by atoms with Gasteiger partial charge in [0.25, 0.3) is 0 Å². The van der Waals surface area contributed by atoms with E-state index < -0.39 is 0 Å². The first kappa shape index (κ1) is 14.8. The van der Waals surface area contributed by atoms with E-state index in [0.29, 0.717) is 21.3 Å². The maximum absolute atomic E-state index is 12.5. The quantitative estimate of drug-likeness (QED) is 0.602. The van der Waals surface area contributed by atoms with Gasteiger partial charge in [-0.2, -0.15) is 0 Å². The number of carbonyl (C=O) groups excluding carboxylic acids is 1. The Balaban J connectivity index is 2.44. The molecule has 0 bridgehead atoms. The van der Waals surface area contributed by atoms with Crippen molar-refractivity contribution < 1.29 is 9.53 Å². The van der Waals surface area contributed by atoms with E-state index in [1.54, 1.807) is 37.4 Å². The second kappa shape index (κ2) is 6.20. The molecule has 0 amide bonds. The first-order valence-corrected chi connectivity index (χ1v) is 7.73. The topological polar surface area (TPSA) is 26.3 Å². The average molecular weight is 449 g/mol. The van der Waals surface area contributed by atoms with Gasteiger partial charge in [-0.15, -0.1) is 0 Å². The minimum Gasteiger partial charge on any atom is -0.497 e. The number of rotatable bonds is 3. The Bertz CT molecular complexity index is 618. The Morgan fingerprint density at radius 2 is 1.63 bits per heavy atom. The fourth-order valence-corrected chi connectivity index (χ4v) is 3.48. The van der Waals surface area contributed by atoms with Gasteiger partial charge in [0.1, 0.15) is 5.75 Å². The number of hydrogen-bond donors (Lipinski definition) is 0. The predicted molar refractivity (Wildman–Crippen MR) is 86.0 cm³/mol. The minimum atomic E-state index is -0.0449. The third-order valence-electron chi connectivity index (χ3n) is 2.55. The number of ketones is 1. The largest absolute Gasteiger partial charge is 0.497 e. The molecule has 98 valence electrons. The predicted octanol–water partition coefficient (Wildman–Crippen LogP) is 5.21. The van der Waals surface area contributed by atoms with Crippen LogP contribution in [-0.2, 0) is 0 Å². The van der Waals surface area contributed by atoms with E-state index in [2.05, 4.69) is 47.8 Å². The Hall–Kier alpha value is -0.650. The molecule has 0 heterocycles. The number of carbonyl (C=O) groups is 1. The second-order valence-corrected chi connectivity index (χ2v) is 6.52. The van der Waals surface area contributed by atoms with Crippen LogP contribution < -0.4 is 4.74 Å². The molecule has 0 atom stereocenters. The number of ether oxygens (including phenoxy) is 1. The van der Waals surface area contributed by atoms with Crippen molar-refractivity contribution in [3.8, 4) is 5.75 Å². The summed E-state index contributed by atoms with van der Waals surface area (Å²) in [6.07, 6.45) is 0. The molecule has 2 aromatic carbocycles. The van der Waals surface area contributed by atoms with Crippen LogP contribution in [0.2, 0.25) is 0 Å². The molecule has 0 fully saturated rings. The molecule has 0 saturated heterocycles. The van der Waals surface area contributed by atoms with E-state index in [-0.39, 0.29) is 5.78 Å². The Morgan fingerprint density at radius 1 is 1.00 bits per heavy atom. The third-order valence-corrected chi connectivity index (χ3v) is 4.12. The summed E-state index contributed by atoms with van der Waals surface area (Å²) >= 11 is 10.2. The average Bonchev–Trinajstić information content (AvgIpc) is 2.36. The summed E-state index contributed by atoms with van der Waals surface area (Å²) in [6, 6.07) is 10.8. The molecule has 0 unspecified atom stereocenters. The van der Waals surface area contributed by atoms with Crippen LogP contribution in [-0.4, -0.2) is 12.9 Å². The maximum Gasteiger partial charge on any atom is 0.194 e. The van der Waals surface area contributed by atoms with Gasteiger partial charge in [-0.1, -0.05) is 31.9 Å². The van der Waals surface area contributed by atoms with E-state index in [4.69, 9.17) is 4.74 Å². The molecule has 0 aliphatic heterocycles. The molecule has 0 saturated carbocycles. The molecule has 0 aliphatic carbocycles. The minimum absolute atomic E-state index is 0.0449. The summed E-state index contributed by atoms with van der Waals surface area (Å²) in [5.74, 6) is 0.662. The van der Waals surface area contributed by atoms with Crippen LogP contribution in [0.15, 0.2) is 49.8 Å². The molecule has 0 N–H and O–H groups in total. The van der Waals surface area contributed by atoms with Crippen molar-refractivity contribution in [1.82, 2.24) is 0 Å². The number of hydrogen-bond acceptors (Lipinski definition) is 2. The van der Waals surface area contributed by atoms with Gasteiger partial charge in [-0.3, -0.25) is 4.79 Å². The van der Waals surface area contributed by atoms with E-state index in [0.717, 1.165) is 8.95 Å². The Labute approximate surface area is 136 Å². The lowest BCUT2D eigenvalue weighted by molar-refractivity contribution is 0.103. The highest BCUT2D eigenvalue weighted by Crippen LogP contribution is 2.27. The molecule has 5 heteroatoms. The zero-order chi connectivity index (χ0) is 14.0. The monoisotopic (exact) mass is 446 g/mol. The van der Waals surface area contributed by atoms with Crippen molar-refractivity contribution in [2.24, 2.45) is 0 Å². The smallest absolute Gasteiger partial charge is 0.194 e. The van der Waals surface area contributed by atoms with Crippen molar-refractivity contribution in [1.29, 1.82) is 0 Å². The van der Waals surface area contributed by atoms with Crippen LogP contribution in [0.4, 0.5) is 0 Å². The van der Waals surface area contributed by atoms with Crippen molar-refractivity contribution in [3.63, 3.8) is 0 Å². The molecule has 0 spiro atoms. The number of methoxy groups -OCH3 is 1. The van der Waals surface area contributed by atoms with Gasteiger partial charge >= 0.3 is 0 Å². The molecular formula is C14H9Br3O2. The van der Waals surface area contributed by atoms with Crippen LogP contribution >= 0.6 is 47.8 Å². The van der Waals surface area contributed by atoms with Crippen molar-refractivity contribution in [3.05, 3.63) is 60.9 Å². The number of benzene rings is 2. The van der Waals surface area contributed by atoms with Crippen LogP contribution in [0.25, 0.3) is 0 Å². The lowest BCUT2D eigenvalue weighted by Gasteiger charge is -2.07. The lowest BCUT2D eigenvalue weighted by atomic mass is 10.0. The fourth-order valence-electron chi connectivity index (χ4n) is 1.65. The summed E-state index contributed by atoms with van der Waals surface area (Å²) in [4.78, 5) is 12.5. The van der Waals surface area contributed by atoms with Crippen LogP contribution in [0.5, 0.6) is 5.75 Å². The summed E-state index contributed by atoms with van der Waals surface area (Å²) < 4.78 is 7.55. The first-order chi connectivity index (χ1) is 9.01. The zero-order valence-electron chi connectivity index (χ0n) is 9.91. The Morgan fingerprint density at radius 3 is 2.16 bits per heavy atom. The molecule has 0 radical (unpaired) electrons. The SMILES string of the molecule is COc1ccc(C(=O)c2cc(Br)cc(Br)c2)c(Br)c1. The van der Waals surface area contributed by atoms with Gasteiger partial charge in [0.2, 0.25) is 0 Å². The molecule has 19 heavy (non-hydrogen) atoms.